The molecule has 2 aromatic rings. The van der Waals surface area contributed by atoms with E-state index in [-0.39, 0.29) is 0 Å². The molecule has 1 aromatic carbocycles. The van der Waals surface area contributed by atoms with Crippen LogP contribution in [0.15, 0.2) is 42.7 Å². The van der Waals surface area contributed by atoms with E-state index in [2.05, 4.69) is 22.1 Å². The van der Waals surface area contributed by atoms with Gasteiger partial charge in [0.15, 0.2) is 0 Å². The second kappa shape index (κ2) is 4.89. The van der Waals surface area contributed by atoms with Gasteiger partial charge < -0.3 is 0 Å². The maximum Gasteiger partial charge on any atom is 0.150 e. The summed E-state index contributed by atoms with van der Waals surface area (Å²) >= 11 is 5.92. The van der Waals surface area contributed by atoms with E-state index in [1.807, 2.05) is 18.2 Å². The second-order valence-corrected chi connectivity index (χ2v) is 3.64. The van der Waals surface area contributed by atoms with Crippen molar-refractivity contribution in [1.29, 1.82) is 0 Å². The first-order chi connectivity index (χ1) is 7.36. The van der Waals surface area contributed by atoms with Gasteiger partial charge in [0.1, 0.15) is 5.15 Å². The van der Waals surface area contributed by atoms with Crippen LogP contribution < -0.4 is 0 Å². The molecule has 1 heterocycles. The first-order valence-electron chi connectivity index (χ1n) is 4.85. The van der Waals surface area contributed by atoms with Gasteiger partial charge in [-0.05, 0) is 18.4 Å². The number of aromatic nitrogens is 2. The zero-order valence-corrected chi connectivity index (χ0v) is 8.98. The minimum Gasteiger partial charge on any atom is -0.256 e. The average Bonchev–Trinajstić information content (AvgIpc) is 2.29. The van der Waals surface area contributed by atoms with Gasteiger partial charge >= 0.3 is 0 Å². The Labute approximate surface area is 94.0 Å². The van der Waals surface area contributed by atoms with E-state index < -0.39 is 0 Å². The quantitative estimate of drug-likeness (QED) is 0.792. The Hall–Kier alpha value is -1.41. The molecule has 0 fully saturated rings. The van der Waals surface area contributed by atoms with Crippen LogP contribution in [0.4, 0.5) is 0 Å². The van der Waals surface area contributed by atoms with Gasteiger partial charge in [0.25, 0.3) is 0 Å². The number of halogens is 1. The lowest BCUT2D eigenvalue weighted by molar-refractivity contribution is 0.899. The minimum absolute atomic E-state index is 0.508. The number of aryl methyl sites for hydroxylation is 2. The van der Waals surface area contributed by atoms with Crippen molar-refractivity contribution in [2.75, 3.05) is 0 Å². The molecular formula is C12H11ClN2. The fourth-order valence-corrected chi connectivity index (χ4v) is 1.62. The molecule has 0 saturated carbocycles. The third kappa shape index (κ3) is 2.77. The second-order valence-electron chi connectivity index (χ2n) is 3.28. The third-order valence-corrected chi connectivity index (χ3v) is 2.53. The van der Waals surface area contributed by atoms with E-state index in [9.17, 15) is 0 Å². The van der Waals surface area contributed by atoms with Gasteiger partial charge in [-0.15, -0.1) is 0 Å². The fraction of sp³-hybridized carbons (Fsp3) is 0.167. The van der Waals surface area contributed by atoms with Gasteiger partial charge in [-0.1, -0.05) is 41.9 Å². The summed E-state index contributed by atoms with van der Waals surface area (Å²) in [6.45, 7) is 0. The van der Waals surface area contributed by atoms with Gasteiger partial charge in [0, 0.05) is 12.4 Å². The predicted octanol–water partition coefficient (Wildman–Crippen LogP) is 2.92. The van der Waals surface area contributed by atoms with Gasteiger partial charge in [0.05, 0.1) is 5.69 Å². The fourth-order valence-electron chi connectivity index (χ4n) is 1.42. The Morgan fingerprint density at radius 1 is 0.933 bits per heavy atom. The van der Waals surface area contributed by atoms with Crippen LogP contribution in [-0.4, -0.2) is 9.97 Å². The number of hydrogen-bond donors (Lipinski definition) is 0. The van der Waals surface area contributed by atoms with Crippen LogP contribution in [0, 0.1) is 0 Å². The summed E-state index contributed by atoms with van der Waals surface area (Å²) in [5, 5.41) is 0.508. The topological polar surface area (TPSA) is 25.8 Å². The monoisotopic (exact) mass is 218 g/mol. The molecule has 0 aliphatic carbocycles. The lowest BCUT2D eigenvalue weighted by Crippen LogP contribution is -1.96. The SMILES string of the molecule is Clc1nccnc1CCc1ccccc1. The van der Waals surface area contributed by atoms with Crippen LogP contribution in [-0.2, 0) is 12.8 Å². The van der Waals surface area contributed by atoms with E-state index in [0.29, 0.717) is 5.15 Å². The molecule has 0 saturated heterocycles. The molecule has 1 aromatic heterocycles. The Morgan fingerprint density at radius 2 is 1.67 bits per heavy atom. The normalized spacial score (nSPS) is 10.2. The summed E-state index contributed by atoms with van der Waals surface area (Å²) in [5.74, 6) is 0. The zero-order valence-electron chi connectivity index (χ0n) is 8.23. The molecule has 0 N–H and O–H groups in total. The summed E-state index contributed by atoms with van der Waals surface area (Å²) in [6.07, 6.45) is 5.05. The third-order valence-electron chi connectivity index (χ3n) is 2.22. The highest BCUT2D eigenvalue weighted by atomic mass is 35.5. The Kier molecular flexibility index (Phi) is 3.30. The lowest BCUT2D eigenvalue weighted by Gasteiger charge is -2.02. The summed E-state index contributed by atoms with van der Waals surface area (Å²) in [7, 11) is 0. The molecule has 76 valence electrons. The van der Waals surface area contributed by atoms with Crippen molar-refractivity contribution in [3.8, 4) is 0 Å². The van der Waals surface area contributed by atoms with Gasteiger partial charge in [0.2, 0.25) is 0 Å². The smallest absolute Gasteiger partial charge is 0.150 e. The summed E-state index contributed by atoms with van der Waals surface area (Å²) < 4.78 is 0. The molecule has 0 unspecified atom stereocenters. The Morgan fingerprint density at radius 3 is 2.40 bits per heavy atom. The van der Waals surface area contributed by atoms with E-state index in [0.717, 1.165) is 18.5 Å². The Bertz CT molecular complexity index is 429. The molecule has 0 radical (unpaired) electrons. The van der Waals surface area contributed by atoms with Crippen molar-refractivity contribution in [2.45, 2.75) is 12.8 Å². The number of nitrogens with zero attached hydrogens (tertiary/aromatic N) is 2. The van der Waals surface area contributed by atoms with Crippen LogP contribution in [0.25, 0.3) is 0 Å². The first kappa shape index (κ1) is 10.1. The van der Waals surface area contributed by atoms with Gasteiger partial charge in [-0.2, -0.15) is 0 Å². The molecule has 0 amide bonds. The van der Waals surface area contributed by atoms with Crippen molar-refractivity contribution in [1.82, 2.24) is 9.97 Å². The van der Waals surface area contributed by atoms with E-state index in [1.54, 1.807) is 12.4 Å². The molecule has 0 aliphatic rings. The molecule has 2 nitrogen and oxygen atoms in total. The van der Waals surface area contributed by atoms with Crippen molar-refractivity contribution >= 4 is 11.6 Å². The highest BCUT2D eigenvalue weighted by Gasteiger charge is 2.01. The van der Waals surface area contributed by atoms with Gasteiger partial charge in [-0.3, -0.25) is 4.98 Å². The highest BCUT2D eigenvalue weighted by molar-refractivity contribution is 6.29. The number of benzene rings is 1. The molecule has 0 aliphatic heterocycles. The summed E-state index contributed by atoms with van der Waals surface area (Å²) in [6, 6.07) is 10.3. The first-order valence-corrected chi connectivity index (χ1v) is 5.23. The standard InChI is InChI=1S/C12H11ClN2/c13-12-11(14-8-9-15-12)7-6-10-4-2-1-3-5-10/h1-5,8-9H,6-7H2. The van der Waals surface area contributed by atoms with Crippen molar-refractivity contribution in [3.63, 3.8) is 0 Å². The minimum atomic E-state index is 0.508. The largest absolute Gasteiger partial charge is 0.256 e. The van der Waals surface area contributed by atoms with E-state index >= 15 is 0 Å². The maximum absolute atomic E-state index is 5.92. The predicted molar refractivity (Wildman–Crippen MR) is 60.9 cm³/mol. The number of rotatable bonds is 3. The van der Waals surface area contributed by atoms with Gasteiger partial charge in [-0.25, -0.2) is 4.98 Å². The lowest BCUT2D eigenvalue weighted by atomic mass is 10.1. The van der Waals surface area contributed by atoms with Crippen molar-refractivity contribution < 1.29 is 0 Å². The summed E-state index contributed by atoms with van der Waals surface area (Å²) in [4.78, 5) is 8.19. The average molecular weight is 219 g/mol. The molecule has 0 atom stereocenters. The number of hydrogen-bond acceptors (Lipinski definition) is 2. The van der Waals surface area contributed by atoms with Crippen LogP contribution in [0.3, 0.4) is 0 Å². The summed E-state index contributed by atoms with van der Waals surface area (Å²) in [5.41, 5.74) is 2.15. The Balaban J connectivity index is 2.03. The van der Waals surface area contributed by atoms with Crippen LogP contribution >= 0.6 is 11.6 Å². The van der Waals surface area contributed by atoms with Crippen LogP contribution in [0.1, 0.15) is 11.3 Å². The zero-order chi connectivity index (χ0) is 10.5. The van der Waals surface area contributed by atoms with E-state index in [4.69, 9.17) is 11.6 Å². The molecule has 15 heavy (non-hydrogen) atoms. The van der Waals surface area contributed by atoms with Crippen LogP contribution in [0.2, 0.25) is 5.15 Å². The highest BCUT2D eigenvalue weighted by Crippen LogP contribution is 2.11. The molecule has 0 spiro atoms. The maximum atomic E-state index is 5.92. The van der Waals surface area contributed by atoms with E-state index in [1.165, 1.54) is 5.56 Å². The molecular weight excluding hydrogens is 208 g/mol. The van der Waals surface area contributed by atoms with Crippen LogP contribution in [0.5, 0.6) is 0 Å². The molecule has 2 rings (SSSR count). The molecule has 0 bridgehead atoms. The molecule has 3 heteroatoms. The van der Waals surface area contributed by atoms with Crippen molar-refractivity contribution in [2.24, 2.45) is 0 Å². The van der Waals surface area contributed by atoms with Crippen molar-refractivity contribution in [3.05, 3.63) is 59.1 Å².